The number of methoxy groups -OCH3 is 1. The summed E-state index contributed by atoms with van der Waals surface area (Å²) in [6.07, 6.45) is -1.91. The Morgan fingerprint density at radius 1 is 1.32 bits per heavy atom. The number of halogens is 3. The van der Waals surface area contributed by atoms with Gasteiger partial charge in [0, 0.05) is 5.56 Å². The summed E-state index contributed by atoms with van der Waals surface area (Å²) < 4.78 is 42.4. The lowest BCUT2D eigenvalue weighted by Crippen LogP contribution is -2.31. The summed E-state index contributed by atoms with van der Waals surface area (Å²) in [5, 5.41) is 3.83. The van der Waals surface area contributed by atoms with E-state index in [1.54, 1.807) is 19.1 Å². The van der Waals surface area contributed by atoms with Crippen molar-refractivity contribution in [2.45, 2.75) is 19.2 Å². The molecule has 118 valence electrons. The van der Waals surface area contributed by atoms with E-state index in [2.05, 4.69) is 9.89 Å². The minimum Gasteiger partial charge on any atom is -0.466 e. The molecule has 0 aromatic heterocycles. The number of rotatable bonds is 3. The number of hydrogen-bond donors (Lipinski definition) is 0. The predicted octanol–water partition coefficient (Wildman–Crippen LogP) is 3.17. The van der Waals surface area contributed by atoms with Crippen LogP contribution in [0.5, 0.6) is 0 Å². The Morgan fingerprint density at radius 3 is 2.45 bits per heavy atom. The number of carbonyl (C=O) groups is 1. The Bertz CT molecular complexity index is 605. The van der Waals surface area contributed by atoms with Crippen molar-refractivity contribution in [3.05, 3.63) is 47.5 Å². The third-order valence-electron chi connectivity index (χ3n) is 3.25. The highest BCUT2D eigenvalue weighted by molar-refractivity contribution is 6.06. The van der Waals surface area contributed by atoms with Gasteiger partial charge in [-0.15, -0.1) is 0 Å². The molecule has 0 saturated carbocycles. The number of ether oxygens (including phenoxy) is 1. The van der Waals surface area contributed by atoms with Crippen LogP contribution in [0.1, 0.15) is 18.1 Å². The zero-order chi connectivity index (χ0) is 16.3. The molecule has 1 aromatic rings. The van der Waals surface area contributed by atoms with E-state index < -0.39 is 29.7 Å². The third kappa shape index (κ3) is 3.13. The van der Waals surface area contributed by atoms with Crippen molar-refractivity contribution in [3.8, 4) is 0 Å². The van der Waals surface area contributed by atoms with Crippen LogP contribution < -0.4 is 0 Å². The van der Waals surface area contributed by atoms with Crippen LogP contribution in [0.15, 0.2) is 41.6 Å². The van der Waals surface area contributed by atoms with Crippen LogP contribution in [0, 0.1) is 5.92 Å². The Balaban J connectivity index is 2.29. The van der Waals surface area contributed by atoms with Gasteiger partial charge >= 0.3 is 12.1 Å². The van der Waals surface area contributed by atoms with Crippen molar-refractivity contribution < 1.29 is 27.5 Å². The number of nitrogens with zero attached hydrogens (tertiary/aromatic N) is 1. The third-order valence-corrected chi connectivity index (χ3v) is 3.25. The molecule has 0 N–H and O–H groups in total. The monoisotopic (exact) mass is 313 g/mol. The average molecular weight is 313 g/mol. The van der Waals surface area contributed by atoms with Crippen LogP contribution in [0.4, 0.5) is 13.2 Å². The minimum absolute atomic E-state index is 0.391. The second-order valence-corrected chi connectivity index (χ2v) is 4.65. The molecule has 0 fully saturated rings. The number of alkyl halides is 3. The van der Waals surface area contributed by atoms with E-state index in [4.69, 9.17) is 4.84 Å². The summed E-state index contributed by atoms with van der Waals surface area (Å²) in [7, 11) is 1.23. The number of hydrogen-bond acceptors (Lipinski definition) is 4. The molecule has 0 aliphatic carbocycles. The smallest absolute Gasteiger partial charge is 0.416 e. The van der Waals surface area contributed by atoms with Gasteiger partial charge in [-0.25, -0.2) is 4.79 Å². The Morgan fingerprint density at radius 2 is 1.95 bits per heavy atom. The van der Waals surface area contributed by atoms with E-state index in [0.717, 1.165) is 12.1 Å². The molecule has 1 aliphatic heterocycles. The van der Waals surface area contributed by atoms with Crippen LogP contribution in [0.3, 0.4) is 0 Å². The summed E-state index contributed by atoms with van der Waals surface area (Å²) in [5.41, 5.74) is 0.104. The van der Waals surface area contributed by atoms with E-state index >= 15 is 0 Å². The van der Waals surface area contributed by atoms with Gasteiger partial charge in [-0.2, -0.15) is 13.2 Å². The van der Waals surface area contributed by atoms with Gasteiger partial charge in [-0.05, 0) is 19.1 Å². The summed E-state index contributed by atoms with van der Waals surface area (Å²) in [6, 6.07) is 4.55. The van der Waals surface area contributed by atoms with Gasteiger partial charge in [0.05, 0.1) is 24.3 Å². The molecule has 0 spiro atoms. The minimum atomic E-state index is -4.40. The van der Waals surface area contributed by atoms with Gasteiger partial charge in [0.25, 0.3) is 0 Å². The van der Waals surface area contributed by atoms with Gasteiger partial charge in [-0.3, -0.25) is 0 Å². The number of esters is 1. The maximum absolute atomic E-state index is 12.6. The molecule has 1 heterocycles. The summed E-state index contributed by atoms with van der Waals surface area (Å²) in [4.78, 5) is 16.7. The first-order valence-electron chi connectivity index (χ1n) is 6.50. The first-order valence-corrected chi connectivity index (χ1v) is 6.50. The molecule has 4 nitrogen and oxygen atoms in total. The first-order chi connectivity index (χ1) is 10.4. The number of carbonyl (C=O) groups excluding carboxylic acids is 1. The van der Waals surface area contributed by atoms with Crippen molar-refractivity contribution in [2.24, 2.45) is 11.1 Å². The summed E-state index contributed by atoms with van der Waals surface area (Å²) in [6.45, 7) is 1.76. The molecule has 1 aromatic carbocycles. The Kier molecular flexibility index (Phi) is 4.54. The van der Waals surface area contributed by atoms with Crippen LogP contribution in [0.25, 0.3) is 0 Å². The molecule has 2 rings (SSSR count). The van der Waals surface area contributed by atoms with Crippen molar-refractivity contribution in [2.75, 3.05) is 7.11 Å². The molecule has 1 aliphatic rings. The highest BCUT2D eigenvalue weighted by Gasteiger charge is 2.39. The largest absolute Gasteiger partial charge is 0.466 e. The van der Waals surface area contributed by atoms with Gasteiger partial charge < -0.3 is 9.57 Å². The molecule has 0 amide bonds. The van der Waals surface area contributed by atoms with Crippen LogP contribution in [0.2, 0.25) is 0 Å². The summed E-state index contributed by atoms with van der Waals surface area (Å²) in [5.74, 6) is -1.09. The standard InChI is InChI=1S/C15H14F3NO3/c1-3-4-11-12(19-22-13(11)14(20)21-2)9-5-7-10(8-6-9)15(16,17)18/h3-8,11,13H,1-2H3/b4-3+. The molecule has 22 heavy (non-hydrogen) atoms. The first kappa shape index (κ1) is 16.1. The van der Waals surface area contributed by atoms with E-state index in [-0.39, 0.29) is 0 Å². The van der Waals surface area contributed by atoms with Crippen molar-refractivity contribution in [3.63, 3.8) is 0 Å². The second kappa shape index (κ2) is 6.21. The van der Waals surface area contributed by atoms with Crippen molar-refractivity contribution >= 4 is 11.7 Å². The molecule has 7 heteroatoms. The zero-order valence-electron chi connectivity index (χ0n) is 11.9. The van der Waals surface area contributed by atoms with E-state index in [9.17, 15) is 18.0 Å². The number of benzene rings is 1. The fourth-order valence-electron chi connectivity index (χ4n) is 2.16. The zero-order valence-corrected chi connectivity index (χ0v) is 11.9. The Hall–Kier alpha value is -2.31. The van der Waals surface area contributed by atoms with Gasteiger partial charge in [0.2, 0.25) is 6.10 Å². The lowest BCUT2D eigenvalue weighted by molar-refractivity contribution is -0.153. The fourth-order valence-corrected chi connectivity index (χ4v) is 2.16. The quantitative estimate of drug-likeness (QED) is 0.636. The lowest BCUT2D eigenvalue weighted by Gasteiger charge is -2.13. The lowest BCUT2D eigenvalue weighted by atomic mass is 9.91. The molecule has 2 unspecified atom stereocenters. The van der Waals surface area contributed by atoms with Crippen LogP contribution >= 0.6 is 0 Å². The molecule has 0 radical (unpaired) electrons. The average Bonchev–Trinajstić information content (AvgIpc) is 2.90. The van der Waals surface area contributed by atoms with Gasteiger partial charge in [0.15, 0.2) is 0 Å². The SMILES string of the molecule is C/C=C/C1C(c2ccc(C(F)(F)F)cc2)=NOC1C(=O)OC. The van der Waals surface area contributed by atoms with Crippen molar-refractivity contribution in [1.82, 2.24) is 0 Å². The molecule has 0 bridgehead atoms. The number of allylic oxidation sites excluding steroid dienone is 1. The molecular formula is C15H14F3NO3. The van der Waals surface area contributed by atoms with E-state index in [0.29, 0.717) is 11.3 Å². The second-order valence-electron chi connectivity index (χ2n) is 4.65. The van der Waals surface area contributed by atoms with Gasteiger partial charge in [0.1, 0.15) is 0 Å². The van der Waals surface area contributed by atoms with Crippen LogP contribution in [-0.2, 0) is 20.5 Å². The molecule has 0 saturated heterocycles. The maximum atomic E-state index is 12.6. The summed E-state index contributed by atoms with van der Waals surface area (Å²) >= 11 is 0. The predicted molar refractivity (Wildman–Crippen MR) is 73.2 cm³/mol. The van der Waals surface area contributed by atoms with Crippen LogP contribution in [-0.4, -0.2) is 24.9 Å². The van der Waals surface area contributed by atoms with Crippen molar-refractivity contribution in [1.29, 1.82) is 0 Å². The topological polar surface area (TPSA) is 47.9 Å². The Labute approximate surface area is 125 Å². The fraction of sp³-hybridized carbons (Fsp3) is 0.333. The normalized spacial score (nSPS) is 21.6. The van der Waals surface area contributed by atoms with E-state index in [1.807, 2.05) is 0 Å². The van der Waals surface area contributed by atoms with E-state index in [1.165, 1.54) is 19.2 Å². The molecule has 2 atom stereocenters. The highest BCUT2D eigenvalue weighted by Crippen LogP contribution is 2.31. The maximum Gasteiger partial charge on any atom is 0.416 e. The highest BCUT2D eigenvalue weighted by atomic mass is 19.4. The van der Waals surface area contributed by atoms with Gasteiger partial charge in [-0.1, -0.05) is 29.4 Å². The molecular weight excluding hydrogens is 299 g/mol. The number of oxime groups is 1.